The van der Waals surface area contributed by atoms with Gasteiger partial charge in [0, 0.05) is 5.69 Å². The first-order valence-electron chi connectivity index (χ1n) is 11.3. The minimum atomic E-state index is -0.654. The Labute approximate surface area is 213 Å². The van der Waals surface area contributed by atoms with Gasteiger partial charge in [-0.25, -0.2) is 0 Å². The third kappa shape index (κ3) is 7.11. The van der Waals surface area contributed by atoms with E-state index < -0.39 is 23.7 Å². The fraction of sp³-hybridized carbons (Fsp3) is 0.308. The number of hydrogen-bond acceptors (Lipinski definition) is 8. The van der Waals surface area contributed by atoms with Gasteiger partial charge in [-0.05, 0) is 73.5 Å². The molecule has 0 unspecified atom stereocenters. The zero-order chi connectivity index (χ0) is 26.2. The smallest absolute Gasteiger partial charge is 0.326 e. The maximum absolute atomic E-state index is 12.6. The molecule has 0 aliphatic carbocycles. The van der Waals surface area contributed by atoms with Gasteiger partial charge < -0.3 is 19.5 Å². The molecule has 0 spiro atoms. The van der Waals surface area contributed by atoms with Crippen LogP contribution in [-0.2, 0) is 25.5 Å². The Bertz CT molecular complexity index is 1180. The molecule has 3 amide bonds. The lowest BCUT2D eigenvalue weighted by molar-refractivity contribution is -0.149. The van der Waals surface area contributed by atoms with Crippen LogP contribution >= 0.6 is 11.8 Å². The third-order valence-corrected chi connectivity index (χ3v) is 5.93. The standard InChI is InChI=1S/C26H28N2O7S/c1-5-17-6-9-19(10-7-17)27-23(29)15-34-20-11-8-18(12-21(20)33-4)13-22-25(31)28(26(32)36-22)14-24(30)35-16(2)3/h6-13,16H,5,14-15H2,1-4H3,(H,27,29)/b22-13-. The van der Waals surface area contributed by atoms with Crippen molar-refractivity contribution in [3.05, 3.63) is 58.5 Å². The number of nitrogens with one attached hydrogen (secondary N) is 1. The van der Waals surface area contributed by atoms with E-state index in [9.17, 15) is 19.2 Å². The van der Waals surface area contributed by atoms with Gasteiger partial charge in [0.25, 0.3) is 17.1 Å². The summed E-state index contributed by atoms with van der Waals surface area (Å²) in [6, 6.07) is 12.5. The number of thioether (sulfide) groups is 1. The van der Waals surface area contributed by atoms with Gasteiger partial charge in [-0.2, -0.15) is 0 Å². The number of carbonyl (C=O) groups is 4. The Morgan fingerprint density at radius 3 is 2.44 bits per heavy atom. The van der Waals surface area contributed by atoms with E-state index in [0.717, 1.165) is 23.1 Å². The molecule has 1 aliphatic rings. The molecule has 2 aromatic carbocycles. The molecular formula is C26H28N2O7S. The average Bonchev–Trinajstić information content (AvgIpc) is 3.10. The van der Waals surface area contributed by atoms with E-state index in [0.29, 0.717) is 22.7 Å². The topological polar surface area (TPSA) is 111 Å². The first-order chi connectivity index (χ1) is 17.2. The van der Waals surface area contributed by atoms with Crippen LogP contribution in [0.5, 0.6) is 11.5 Å². The van der Waals surface area contributed by atoms with Crippen molar-refractivity contribution in [1.29, 1.82) is 0 Å². The molecular weight excluding hydrogens is 484 g/mol. The van der Waals surface area contributed by atoms with E-state index in [1.807, 2.05) is 24.3 Å². The van der Waals surface area contributed by atoms with Crippen molar-refractivity contribution in [1.82, 2.24) is 4.90 Å². The molecule has 190 valence electrons. The van der Waals surface area contributed by atoms with E-state index in [4.69, 9.17) is 14.2 Å². The minimum Gasteiger partial charge on any atom is -0.493 e. The van der Waals surface area contributed by atoms with E-state index in [-0.39, 0.29) is 23.5 Å². The second-order valence-corrected chi connectivity index (χ2v) is 9.10. The quantitative estimate of drug-likeness (QED) is 0.371. The highest BCUT2D eigenvalue weighted by molar-refractivity contribution is 8.18. The van der Waals surface area contributed by atoms with Gasteiger partial charge in [-0.15, -0.1) is 0 Å². The Morgan fingerprint density at radius 2 is 1.81 bits per heavy atom. The van der Waals surface area contributed by atoms with Crippen molar-refractivity contribution >= 4 is 46.5 Å². The van der Waals surface area contributed by atoms with Gasteiger partial charge in [0.15, 0.2) is 18.1 Å². The molecule has 1 aliphatic heterocycles. The average molecular weight is 513 g/mol. The second-order valence-electron chi connectivity index (χ2n) is 8.10. The van der Waals surface area contributed by atoms with Crippen molar-refractivity contribution in [3.8, 4) is 11.5 Å². The molecule has 0 aromatic heterocycles. The first kappa shape index (κ1) is 26.8. The number of nitrogens with zero attached hydrogens (tertiary/aromatic N) is 1. The zero-order valence-corrected chi connectivity index (χ0v) is 21.3. The van der Waals surface area contributed by atoms with Crippen molar-refractivity contribution < 1.29 is 33.4 Å². The van der Waals surface area contributed by atoms with Crippen LogP contribution in [0.25, 0.3) is 6.08 Å². The second kappa shape index (κ2) is 12.3. The first-order valence-corrected chi connectivity index (χ1v) is 12.2. The van der Waals surface area contributed by atoms with Crippen LogP contribution in [0.4, 0.5) is 10.5 Å². The highest BCUT2D eigenvalue weighted by Gasteiger charge is 2.36. The van der Waals surface area contributed by atoms with Crippen molar-refractivity contribution in [2.75, 3.05) is 25.6 Å². The van der Waals surface area contributed by atoms with Gasteiger partial charge in [-0.3, -0.25) is 24.1 Å². The predicted octanol–water partition coefficient (Wildman–Crippen LogP) is 4.26. The minimum absolute atomic E-state index is 0.168. The van der Waals surface area contributed by atoms with Crippen LogP contribution in [0, 0.1) is 0 Å². The summed E-state index contributed by atoms with van der Waals surface area (Å²) in [5.41, 5.74) is 2.43. The molecule has 0 saturated carbocycles. The number of carbonyl (C=O) groups excluding carboxylic acids is 4. The molecule has 36 heavy (non-hydrogen) atoms. The number of imide groups is 1. The van der Waals surface area contributed by atoms with Gasteiger partial charge in [0.05, 0.1) is 18.1 Å². The summed E-state index contributed by atoms with van der Waals surface area (Å²) in [6.07, 6.45) is 2.09. The fourth-order valence-corrected chi connectivity index (χ4v) is 4.11. The maximum atomic E-state index is 12.6. The van der Waals surface area contributed by atoms with Crippen molar-refractivity contribution in [3.63, 3.8) is 0 Å². The number of ether oxygens (including phenoxy) is 3. The summed E-state index contributed by atoms with van der Waals surface area (Å²) >= 11 is 0.738. The fourth-order valence-electron chi connectivity index (χ4n) is 3.27. The van der Waals surface area contributed by atoms with Gasteiger partial charge >= 0.3 is 5.97 Å². The van der Waals surface area contributed by atoms with E-state index >= 15 is 0 Å². The zero-order valence-electron chi connectivity index (χ0n) is 20.5. The lowest BCUT2D eigenvalue weighted by atomic mass is 10.1. The summed E-state index contributed by atoms with van der Waals surface area (Å²) in [6.45, 7) is 4.76. The number of amides is 3. The number of rotatable bonds is 10. The number of aryl methyl sites for hydroxylation is 1. The number of hydrogen-bond donors (Lipinski definition) is 1. The van der Waals surface area contributed by atoms with Crippen LogP contribution in [0.15, 0.2) is 47.4 Å². The molecule has 0 radical (unpaired) electrons. The van der Waals surface area contributed by atoms with E-state index in [1.165, 1.54) is 18.7 Å². The maximum Gasteiger partial charge on any atom is 0.326 e. The number of benzene rings is 2. The van der Waals surface area contributed by atoms with Crippen LogP contribution in [-0.4, -0.2) is 54.3 Å². The largest absolute Gasteiger partial charge is 0.493 e. The molecule has 1 N–H and O–H groups in total. The lowest BCUT2D eigenvalue weighted by Gasteiger charge is -2.13. The normalized spacial score (nSPS) is 14.4. The molecule has 0 bridgehead atoms. The monoisotopic (exact) mass is 512 g/mol. The van der Waals surface area contributed by atoms with Crippen molar-refractivity contribution in [2.24, 2.45) is 0 Å². The molecule has 1 saturated heterocycles. The summed E-state index contributed by atoms with van der Waals surface area (Å²) < 4.78 is 16.0. The van der Waals surface area contributed by atoms with E-state index in [1.54, 1.807) is 32.0 Å². The summed E-state index contributed by atoms with van der Waals surface area (Å²) in [5.74, 6) is -0.860. The summed E-state index contributed by atoms with van der Waals surface area (Å²) in [5, 5.41) is 2.23. The van der Waals surface area contributed by atoms with Gasteiger partial charge in [-0.1, -0.05) is 25.1 Å². The van der Waals surface area contributed by atoms with Gasteiger partial charge in [0.1, 0.15) is 6.54 Å². The third-order valence-electron chi connectivity index (χ3n) is 5.02. The molecule has 1 fully saturated rings. The lowest BCUT2D eigenvalue weighted by Crippen LogP contribution is -2.35. The molecule has 9 nitrogen and oxygen atoms in total. The van der Waals surface area contributed by atoms with Gasteiger partial charge in [0.2, 0.25) is 0 Å². The molecule has 3 rings (SSSR count). The highest BCUT2D eigenvalue weighted by Crippen LogP contribution is 2.34. The van der Waals surface area contributed by atoms with E-state index in [2.05, 4.69) is 12.2 Å². The highest BCUT2D eigenvalue weighted by atomic mass is 32.2. The molecule has 2 aromatic rings. The SMILES string of the molecule is CCc1ccc(NC(=O)COc2ccc(/C=C3\SC(=O)N(CC(=O)OC(C)C)C3=O)cc2OC)cc1. The Kier molecular flexibility index (Phi) is 9.13. The molecule has 0 atom stereocenters. The summed E-state index contributed by atoms with van der Waals surface area (Å²) in [4.78, 5) is 50.0. The number of methoxy groups -OCH3 is 1. The van der Waals surface area contributed by atoms with Crippen LogP contribution in [0.1, 0.15) is 31.9 Å². The van der Waals surface area contributed by atoms with Crippen LogP contribution < -0.4 is 14.8 Å². The number of anilines is 1. The van der Waals surface area contributed by atoms with Crippen LogP contribution in [0.3, 0.4) is 0 Å². The summed E-state index contributed by atoms with van der Waals surface area (Å²) in [7, 11) is 1.45. The van der Waals surface area contributed by atoms with Crippen LogP contribution in [0.2, 0.25) is 0 Å². The Balaban J connectivity index is 1.63. The number of esters is 1. The molecule has 10 heteroatoms. The Morgan fingerprint density at radius 1 is 1.08 bits per heavy atom. The predicted molar refractivity (Wildman–Crippen MR) is 137 cm³/mol. The van der Waals surface area contributed by atoms with Crippen molar-refractivity contribution in [2.45, 2.75) is 33.3 Å². The Hall–Kier alpha value is -3.79. The molecule has 1 heterocycles.